The van der Waals surface area contributed by atoms with Crippen LogP contribution in [0.25, 0.3) is 5.65 Å². The van der Waals surface area contributed by atoms with Crippen molar-refractivity contribution in [2.75, 3.05) is 5.32 Å². The fraction of sp³-hybridized carbons (Fsp3) is 0.615. The van der Waals surface area contributed by atoms with Gasteiger partial charge in [-0.15, -0.1) is 0 Å². The van der Waals surface area contributed by atoms with Gasteiger partial charge < -0.3 is 10.4 Å². The van der Waals surface area contributed by atoms with Crippen LogP contribution in [0.1, 0.15) is 37.9 Å². The number of aromatic amines is 1. The summed E-state index contributed by atoms with van der Waals surface area (Å²) >= 11 is 0. The van der Waals surface area contributed by atoms with Crippen LogP contribution in [-0.4, -0.2) is 36.8 Å². The third-order valence-corrected chi connectivity index (χ3v) is 3.88. The van der Waals surface area contributed by atoms with E-state index in [0.29, 0.717) is 17.3 Å². The quantitative estimate of drug-likeness (QED) is 0.707. The molecule has 1 fully saturated rings. The van der Waals surface area contributed by atoms with E-state index < -0.39 is 0 Å². The lowest BCUT2D eigenvalue weighted by Gasteiger charge is -2.22. The van der Waals surface area contributed by atoms with Crippen molar-refractivity contribution in [2.45, 2.75) is 51.2 Å². The van der Waals surface area contributed by atoms with Crippen LogP contribution in [0, 0.1) is 6.92 Å². The molecule has 7 heteroatoms. The molecule has 3 N–H and O–H groups in total. The molecule has 0 radical (unpaired) electrons. The number of hydrogen-bond acceptors (Lipinski definition) is 5. The van der Waals surface area contributed by atoms with Gasteiger partial charge in [0, 0.05) is 6.07 Å². The Bertz CT molecular complexity index is 662. The zero-order chi connectivity index (χ0) is 14.1. The van der Waals surface area contributed by atoms with Crippen molar-refractivity contribution in [3.05, 3.63) is 22.4 Å². The number of fused-ring (bicyclic) bond motifs is 1. The average molecular weight is 277 g/mol. The van der Waals surface area contributed by atoms with Crippen LogP contribution in [-0.2, 0) is 0 Å². The van der Waals surface area contributed by atoms with Gasteiger partial charge in [-0.05, 0) is 19.8 Å². The number of anilines is 1. The number of rotatable bonds is 2. The first-order chi connectivity index (χ1) is 9.65. The maximum atomic E-state index is 11.5. The summed E-state index contributed by atoms with van der Waals surface area (Å²) in [5.41, 5.74) is 0.249. The first kappa shape index (κ1) is 13.1. The Hall–Kier alpha value is -1.89. The van der Waals surface area contributed by atoms with Crippen LogP contribution in [0.3, 0.4) is 0 Å². The lowest BCUT2D eigenvalue weighted by atomic mass is 10.1. The molecule has 20 heavy (non-hydrogen) atoms. The Balaban J connectivity index is 1.88. The summed E-state index contributed by atoms with van der Waals surface area (Å²) in [6.07, 6.45) is 4.74. The fourth-order valence-electron chi connectivity index (χ4n) is 2.82. The van der Waals surface area contributed by atoms with Crippen molar-refractivity contribution in [2.24, 2.45) is 0 Å². The van der Waals surface area contributed by atoms with E-state index in [9.17, 15) is 9.90 Å². The number of nitrogens with zero attached hydrogens (tertiary/aromatic N) is 3. The molecule has 0 amide bonds. The highest BCUT2D eigenvalue weighted by atomic mass is 16.3. The molecule has 2 atom stereocenters. The molecule has 1 aliphatic rings. The highest BCUT2D eigenvalue weighted by Gasteiger charge is 2.22. The molecule has 0 spiro atoms. The Labute approximate surface area is 116 Å². The van der Waals surface area contributed by atoms with E-state index in [1.807, 2.05) is 0 Å². The minimum Gasteiger partial charge on any atom is -0.391 e. The Morgan fingerprint density at radius 3 is 3.05 bits per heavy atom. The summed E-state index contributed by atoms with van der Waals surface area (Å²) in [6, 6.07) is 1.74. The van der Waals surface area contributed by atoms with Crippen LogP contribution in [0.15, 0.2) is 10.9 Å². The van der Waals surface area contributed by atoms with Gasteiger partial charge in [0.15, 0.2) is 5.65 Å². The molecule has 108 valence electrons. The van der Waals surface area contributed by atoms with Crippen LogP contribution in [0.5, 0.6) is 0 Å². The van der Waals surface area contributed by atoms with Gasteiger partial charge in [-0.3, -0.25) is 0 Å². The van der Waals surface area contributed by atoms with Gasteiger partial charge in [0.25, 0.3) is 0 Å². The van der Waals surface area contributed by atoms with Gasteiger partial charge >= 0.3 is 5.69 Å². The number of aliphatic hydroxyl groups is 1. The second-order valence-electron chi connectivity index (χ2n) is 5.37. The minimum atomic E-state index is -0.350. The standard InChI is InChI=1S/C13H19N5O2/c1-8-14-11(7-12-16-17-13(20)18(8)12)15-9-5-3-2-4-6-10(9)19/h7,9-10,15,19H,2-6H2,1H3,(H,17,20). The molecule has 7 nitrogen and oxygen atoms in total. The molecule has 2 aromatic rings. The number of H-pyrrole nitrogens is 1. The van der Waals surface area contributed by atoms with E-state index in [1.54, 1.807) is 13.0 Å². The van der Waals surface area contributed by atoms with Crippen LogP contribution in [0.2, 0.25) is 0 Å². The molecule has 1 saturated carbocycles. The molecule has 2 heterocycles. The third kappa shape index (κ3) is 2.40. The largest absolute Gasteiger partial charge is 0.391 e. The summed E-state index contributed by atoms with van der Waals surface area (Å²) in [7, 11) is 0. The van der Waals surface area contributed by atoms with Crippen LogP contribution < -0.4 is 11.0 Å². The number of nitrogens with one attached hydrogen (secondary N) is 2. The Morgan fingerprint density at radius 1 is 1.40 bits per heavy atom. The SMILES string of the molecule is Cc1nc(NC2CCCCCC2O)cc2n[nH]c(=O)n12. The zero-order valence-electron chi connectivity index (χ0n) is 11.5. The van der Waals surface area contributed by atoms with Gasteiger partial charge in [0.1, 0.15) is 11.6 Å². The van der Waals surface area contributed by atoms with Crippen molar-refractivity contribution in [1.82, 2.24) is 19.6 Å². The minimum absolute atomic E-state index is 0.0116. The molecule has 2 aromatic heterocycles. The molecule has 3 rings (SSSR count). The normalized spacial score (nSPS) is 23.7. The number of aliphatic hydroxyl groups excluding tert-OH is 1. The predicted octanol–water partition coefficient (Wildman–Crippen LogP) is 0.832. The van der Waals surface area contributed by atoms with Crippen molar-refractivity contribution in [1.29, 1.82) is 0 Å². The fourth-order valence-corrected chi connectivity index (χ4v) is 2.82. The summed E-state index contributed by atoms with van der Waals surface area (Å²) in [5, 5.41) is 19.8. The first-order valence-electron chi connectivity index (χ1n) is 7.04. The second kappa shape index (κ2) is 5.24. The molecule has 0 bridgehead atoms. The molecule has 0 aromatic carbocycles. The summed E-state index contributed by atoms with van der Waals surface area (Å²) in [4.78, 5) is 15.9. The number of hydrogen-bond donors (Lipinski definition) is 3. The smallest absolute Gasteiger partial charge is 0.349 e. The Kier molecular flexibility index (Phi) is 3.43. The van der Waals surface area contributed by atoms with Crippen molar-refractivity contribution in [3.63, 3.8) is 0 Å². The summed E-state index contributed by atoms with van der Waals surface area (Å²) in [6.45, 7) is 1.76. The van der Waals surface area contributed by atoms with Crippen LogP contribution >= 0.6 is 0 Å². The van der Waals surface area contributed by atoms with E-state index in [2.05, 4.69) is 20.5 Å². The summed E-state index contributed by atoms with van der Waals surface area (Å²) < 4.78 is 1.43. The van der Waals surface area contributed by atoms with E-state index in [-0.39, 0.29) is 17.8 Å². The second-order valence-corrected chi connectivity index (χ2v) is 5.37. The zero-order valence-corrected chi connectivity index (χ0v) is 11.5. The molecule has 0 saturated heterocycles. The van der Waals surface area contributed by atoms with Gasteiger partial charge in [0.05, 0.1) is 12.1 Å². The first-order valence-corrected chi connectivity index (χ1v) is 7.04. The van der Waals surface area contributed by atoms with Crippen molar-refractivity contribution < 1.29 is 5.11 Å². The number of aromatic nitrogens is 4. The van der Waals surface area contributed by atoms with E-state index in [4.69, 9.17) is 0 Å². The maximum Gasteiger partial charge on any atom is 0.349 e. The van der Waals surface area contributed by atoms with Crippen LogP contribution in [0.4, 0.5) is 5.82 Å². The van der Waals surface area contributed by atoms with E-state index in [1.165, 1.54) is 4.40 Å². The van der Waals surface area contributed by atoms with E-state index >= 15 is 0 Å². The maximum absolute atomic E-state index is 11.5. The number of aryl methyl sites for hydroxylation is 1. The average Bonchev–Trinajstić information content (AvgIpc) is 2.66. The molecule has 1 aliphatic carbocycles. The summed E-state index contributed by atoms with van der Waals surface area (Å²) in [5.74, 6) is 1.23. The predicted molar refractivity (Wildman–Crippen MR) is 74.8 cm³/mol. The Morgan fingerprint density at radius 2 is 2.20 bits per heavy atom. The molecule has 2 unspecified atom stereocenters. The van der Waals surface area contributed by atoms with Crippen molar-refractivity contribution >= 4 is 11.5 Å². The molecular formula is C13H19N5O2. The monoisotopic (exact) mass is 277 g/mol. The lowest BCUT2D eigenvalue weighted by Crippen LogP contribution is -2.33. The van der Waals surface area contributed by atoms with E-state index in [0.717, 1.165) is 32.1 Å². The third-order valence-electron chi connectivity index (χ3n) is 3.88. The highest BCUT2D eigenvalue weighted by molar-refractivity contribution is 5.50. The van der Waals surface area contributed by atoms with Gasteiger partial charge in [-0.1, -0.05) is 19.3 Å². The molecular weight excluding hydrogens is 258 g/mol. The van der Waals surface area contributed by atoms with Gasteiger partial charge in [-0.2, -0.15) is 5.10 Å². The van der Waals surface area contributed by atoms with Gasteiger partial charge in [-0.25, -0.2) is 19.3 Å². The van der Waals surface area contributed by atoms with Gasteiger partial charge in [0.2, 0.25) is 0 Å². The van der Waals surface area contributed by atoms with Crippen molar-refractivity contribution in [3.8, 4) is 0 Å². The highest BCUT2D eigenvalue weighted by Crippen LogP contribution is 2.21. The topological polar surface area (TPSA) is 95.3 Å². The lowest BCUT2D eigenvalue weighted by molar-refractivity contribution is 0.144. The molecule has 0 aliphatic heterocycles.